The van der Waals surface area contributed by atoms with Gasteiger partial charge in [0, 0.05) is 18.3 Å². The Morgan fingerprint density at radius 3 is 3.00 bits per heavy atom. The van der Waals surface area contributed by atoms with E-state index < -0.39 is 5.54 Å². The average molecular weight is 246 g/mol. The van der Waals surface area contributed by atoms with E-state index in [1.165, 1.54) is 0 Å². The van der Waals surface area contributed by atoms with Crippen LogP contribution in [0.3, 0.4) is 0 Å². The van der Waals surface area contributed by atoms with Crippen LogP contribution in [0.1, 0.15) is 25.8 Å². The molecule has 0 aromatic carbocycles. The molecule has 0 aliphatic carbocycles. The highest BCUT2D eigenvalue weighted by atomic mass is 16.1. The van der Waals surface area contributed by atoms with Gasteiger partial charge in [-0.15, -0.1) is 0 Å². The van der Waals surface area contributed by atoms with Crippen LogP contribution in [-0.2, 0) is 11.3 Å². The second-order valence-electron chi connectivity index (χ2n) is 4.60. The first-order valence-corrected chi connectivity index (χ1v) is 6.03. The second kappa shape index (κ2) is 4.78. The van der Waals surface area contributed by atoms with Crippen molar-refractivity contribution in [1.29, 1.82) is 0 Å². The summed E-state index contributed by atoms with van der Waals surface area (Å²) in [6, 6.07) is 5.89. The van der Waals surface area contributed by atoms with Crippen LogP contribution in [0.15, 0.2) is 30.6 Å². The number of amides is 1. The van der Waals surface area contributed by atoms with Crippen molar-refractivity contribution in [2.45, 2.75) is 32.4 Å². The Balaban J connectivity index is 2.17. The summed E-state index contributed by atoms with van der Waals surface area (Å²) in [6.07, 6.45) is 4.35. The molecule has 0 saturated carbocycles. The molecule has 0 fully saturated rings. The van der Waals surface area contributed by atoms with Crippen LogP contribution in [0.5, 0.6) is 0 Å². The predicted octanol–water partition coefficient (Wildman–Crippen LogP) is 1.08. The van der Waals surface area contributed by atoms with Gasteiger partial charge in [-0.1, -0.05) is 13.0 Å². The molecular weight excluding hydrogens is 228 g/mol. The summed E-state index contributed by atoms with van der Waals surface area (Å²) in [5.41, 5.74) is 6.82. The molecule has 2 aromatic heterocycles. The number of fused-ring (bicyclic) bond motifs is 1. The van der Waals surface area contributed by atoms with E-state index >= 15 is 0 Å². The lowest BCUT2D eigenvalue weighted by Gasteiger charge is -2.25. The molecule has 0 bridgehead atoms. The number of nitrogens with zero attached hydrogens (tertiary/aromatic N) is 2. The molecule has 3 N–H and O–H groups in total. The van der Waals surface area contributed by atoms with E-state index in [9.17, 15) is 4.79 Å². The zero-order valence-corrected chi connectivity index (χ0v) is 10.7. The molecule has 2 aromatic rings. The first-order chi connectivity index (χ1) is 8.57. The van der Waals surface area contributed by atoms with Crippen LogP contribution in [0, 0.1) is 0 Å². The Morgan fingerprint density at radius 1 is 1.56 bits per heavy atom. The first kappa shape index (κ1) is 12.6. The van der Waals surface area contributed by atoms with Gasteiger partial charge in [-0.2, -0.15) is 5.10 Å². The molecule has 5 nitrogen and oxygen atoms in total. The quantitative estimate of drug-likeness (QED) is 0.829. The van der Waals surface area contributed by atoms with Gasteiger partial charge in [0.05, 0.1) is 17.3 Å². The SMILES string of the molecule is CCC(C)(NCc1cnn2ccccc12)C(N)=O. The zero-order chi connectivity index (χ0) is 13.2. The third kappa shape index (κ3) is 2.22. The molecule has 1 unspecified atom stereocenters. The first-order valence-electron chi connectivity index (χ1n) is 6.03. The summed E-state index contributed by atoms with van der Waals surface area (Å²) in [7, 11) is 0. The second-order valence-corrected chi connectivity index (χ2v) is 4.60. The van der Waals surface area contributed by atoms with Crippen molar-refractivity contribution in [2.75, 3.05) is 0 Å². The Bertz CT molecular complexity index is 563. The molecule has 5 heteroatoms. The van der Waals surface area contributed by atoms with E-state index in [2.05, 4.69) is 10.4 Å². The molecule has 1 amide bonds. The van der Waals surface area contributed by atoms with E-state index in [-0.39, 0.29) is 5.91 Å². The van der Waals surface area contributed by atoms with Crippen molar-refractivity contribution in [1.82, 2.24) is 14.9 Å². The molecule has 18 heavy (non-hydrogen) atoms. The van der Waals surface area contributed by atoms with Gasteiger partial charge in [0.2, 0.25) is 5.91 Å². The lowest BCUT2D eigenvalue weighted by Crippen LogP contribution is -2.52. The van der Waals surface area contributed by atoms with Crippen molar-refractivity contribution < 1.29 is 4.79 Å². The summed E-state index contributed by atoms with van der Waals surface area (Å²) in [6.45, 7) is 4.33. The number of hydrogen-bond donors (Lipinski definition) is 2. The maximum Gasteiger partial charge on any atom is 0.237 e. The minimum absolute atomic E-state index is 0.332. The van der Waals surface area contributed by atoms with Crippen molar-refractivity contribution in [3.8, 4) is 0 Å². The van der Waals surface area contributed by atoms with Crippen LogP contribution in [0.4, 0.5) is 0 Å². The molecule has 1 atom stereocenters. The topological polar surface area (TPSA) is 72.4 Å². The molecule has 0 radical (unpaired) electrons. The molecule has 0 aliphatic rings. The Morgan fingerprint density at radius 2 is 2.33 bits per heavy atom. The number of aromatic nitrogens is 2. The van der Waals surface area contributed by atoms with E-state index in [1.54, 1.807) is 6.20 Å². The average Bonchev–Trinajstić information content (AvgIpc) is 2.79. The largest absolute Gasteiger partial charge is 0.368 e. The van der Waals surface area contributed by atoms with Gasteiger partial charge in [0.15, 0.2) is 0 Å². The minimum atomic E-state index is -0.678. The molecule has 0 spiro atoms. The Labute approximate surface area is 106 Å². The van der Waals surface area contributed by atoms with Crippen LogP contribution >= 0.6 is 0 Å². The minimum Gasteiger partial charge on any atom is -0.368 e. The maximum atomic E-state index is 11.4. The molecule has 2 rings (SSSR count). The number of nitrogens with one attached hydrogen (secondary N) is 1. The number of primary amides is 1. The Hall–Kier alpha value is -1.88. The van der Waals surface area contributed by atoms with E-state index in [1.807, 2.05) is 42.8 Å². The highest BCUT2D eigenvalue weighted by Gasteiger charge is 2.28. The highest BCUT2D eigenvalue weighted by Crippen LogP contribution is 2.13. The zero-order valence-electron chi connectivity index (χ0n) is 10.7. The highest BCUT2D eigenvalue weighted by molar-refractivity contribution is 5.84. The summed E-state index contributed by atoms with van der Waals surface area (Å²) >= 11 is 0. The molecule has 0 saturated heterocycles. The van der Waals surface area contributed by atoms with E-state index in [4.69, 9.17) is 5.73 Å². The van der Waals surface area contributed by atoms with Gasteiger partial charge < -0.3 is 5.73 Å². The number of hydrogen-bond acceptors (Lipinski definition) is 3. The fraction of sp³-hybridized carbons (Fsp3) is 0.385. The number of pyridine rings is 1. The van der Waals surface area contributed by atoms with Crippen molar-refractivity contribution in [2.24, 2.45) is 5.73 Å². The van der Waals surface area contributed by atoms with Crippen molar-refractivity contribution in [3.05, 3.63) is 36.2 Å². The van der Waals surface area contributed by atoms with Gasteiger partial charge >= 0.3 is 0 Å². The summed E-state index contributed by atoms with van der Waals surface area (Å²) in [4.78, 5) is 11.4. The fourth-order valence-corrected chi connectivity index (χ4v) is 1.80. The van der Waals surface area contributed by atoms with Crippen LogP contribution < -0.4 is 11.1 Å². The lowest BCUT2D eigenvalue weighted by molar-refractivity contribution is -0.124. The van der Waals surface area contributed by atoms with Gasteiger partial charge in [-0.05, 0) is 25.5 Å². The summed E-state index contributed by atoms with van der Waals surface area (Å²) in [5.74, 6) is -0.332. The monoisotopic (exact) mass is 246 g/mol. The predicted molar refractivity (Wildman–Crippen MR) is 69.9 cm³/mol. The smallest absolute Gasteiger partial charge is 0.237 e. The van der Waals surface area contributed by atoms with Gasteiger partial charge in [0.1, 0.15) is 0 Å². The van der Waals surface area contributed by atoms with E-state index in [0.29, 0.717) is 13.0 Å². The standard InChI is InChI=1S/C13H18N4O/c1-3-13(2,12(14)18)15-8-10-9-16-17-7-5-4-6-11(10)17/h4-7,9,15H,3,8H2,1-2H3,(H2,14,18). The lowest BCUT2D eigenvalue weighted by atomic mass is 9.98. The number of carbonyl (C=O) groups excluding carboxylic acids is 1. The normalized spacial score (nSPS) is 14.6. The van der Waals surface area contributed by atoms with Crippen molar-refractivity contribution >= 4 is 11.4 Å². The molecule has 0 aliphatic heterocycles. The molecular formula is C13H18N4O. The molecule has 2 heterocycles. The van der Waals surface area contributed by atoms with Crippen LogP contribution in [-0.4, -0.2) is 21.1 Å². The van der Waals surface area contributed by atoms with Crippen LogP contribution in [0.2, 0.25) is 0 Å². The maximum absolute atomic E-state index is 11.4. The van der Waals surface area contributed by atoms with Gasteiger partial charge in [-0.3, -0.25) is 10.1 Å². The summed E-state index contributed by atoms with van der Waals surface area (Å²) in [5, 5.41) is 7.46. The molecule has 96 valence electrons. The third-order valence-corrected chi connectivity index (χ3v) is 3.43. The number of nitrogens with two attached hydrogens (primary N) is 1. The summed E-state index contributed by atoms with van der Waals surface area (Å²) < 4.78 is 1.81. The van der Waals surface area contributed by atoms with E-state index in [0.717, 1.165) is 11.1 Å². The third-order valence-electron chi connectivity index (χ3n) is 3.43. The Kier molecular flexibility index (Phi) is 3.34. The number of carbonyl (C=O) groups is 1. The fourth-order valence-electron chi connectivity index (χ4n) is 1.80. The van der Waals surface area contributed by atoms with Crippen LogP contribution in [0.25, 0.3) is 5.52 Å². The van der Waals surface area contributed by atoms with Gasteiger partial charge in [-0.25, -0.2) is 4.52 Å². The van der Waals surface area contributed by atoms with Crippen molar-refractivity contribution in [3.63, 3.8) is 0 Å². The number of rotatable bonds is 5. The van der Waals surface area contributed by atoms with Gasteiger partial charge in [0.25, 0.3) is 0 Å².